The predicted octanol–water partition coefficient (Wildman–Crippen LogP) is -0.210. The average Bonchev–Trinajstić information content (AvgIpc) is 1.78. The lowest BCUT2D eigenvalue weighted by molar-refractivity contribution is 0.0649. The number of nitrogens with zero attached hydrogens (tertiary/aromatic N) is 1. The Hall–Kier alpha value is -0.120. The maximum Gasteiger partial charge on any atom is 0.0524 e. The molecule has 0 bridgehead atoms. The predicted molar refractivity (Wildman–Crippen MR) is 45.3 cm³/mol. The Balaban J connectivity index is 2.05. The van der Waals surface area contributed by atoms with Crippen LogP contribution in [0.5, 0.6) is 0 Å². The third kappa shape index (κ3) is 2.77. The molecule has 1 saturated heterocycles. The minimum atomic E-state index is -0.181. The van der Waals surface area contributed by atoms with Crippen molar-refractivity contribution < 1.29 is 5.11 Å². The Bertz CT molecular complexity index is 126. The monoisotopic (exact) mass is 158 g/mol. The first-order valence-electron chi connectivity index (χ1n) is 4.19. The largest absolute Gasteiger partial charge is 0.393 e. The second kappa shape index (κ2) is 3.09. The summed E-state index contributed by atoms with van der Waals surface area (Å²) in [5, 5.41) is 8.99. The van der Waals surface area contributed by atoms with Crippen LogP contribution in [-0.2, 0) is 0 Å². The van der Waals surface area contributed by atoms with Crippen LogP contribution in [0.15, 0.2) is 0 Å². The van der Waals surface area contributed by atoms with Gasteiger partial charge in [-0.3, -0.25) is 4.90 Å². The zero-order valence-corrected chi connectivity index (χ0v) is 7.38. The number of likely N-dealkylation sites (tertiary alicyclic amines) is 1. The summed E-state index contributed by atoms with van der Waals surface area (Å²) >= 11 is 0. The van der Waals surface area contributed by atoms with E-state index in [9.17, 15) is 0 Å². The molecule has 0 amide bonds. The molecule has 1 aliphatic rings. The molecule has 66 valence electrons. The van der Waals surface area contributed by atoms with Crippen LogP contribution in [0.3, 0.4) is 0 Å². The molecule has 1 unspecified atom stereocenters. The highest BCUT2D eigenvalue weighted by atomic mass is 16.3. The van der Waals surface area contributed by atoms with E-state index in [1.54, 1.807) is 0 Å². The number of aliphatic hydroxyl groups is 1. The lowest BCUT2D eigenvalue weighted by Crippen LogP contribution is -2.65. The summed E-state index contributed by atoms with van der Waals surface area (Å²) in [4.78, 5) is 2.27. The Morgan fingerprint density at radius 1 is 1.64 bits per heavy atom. The normalized spacial score (nSPS) is 26.2. The lowest BCUT2D eigenvalue weighted by atomic mass is 9.93. The fraction of sp³-hybridized carbons (Fsp3) is 1.00. The first-order chi connectivity index (χ1) is 4.99. The van der Waals surface area contributed by atoms with E-state index in [1.807, 2.05) is 6.92 Å². The van der Waals surface area contributed by atoms with Gasteiger partial charge < -0.3 is 10.8 Å². The third-order valence-electron chi connectivity index (χ3n) is 2.03. The molecule has 3 nitrogen and oxygen atoms in total. The summed E-state index contributed by atoms with van der Waals surface area (Å²) in [5.74, 6) is 0. The van der Waals surface area contributed by atoms with E-state index in [0.717, 1.165) is 26.1 Å². The molecule has 1 heterocycles. The standard InChI is InChI=1S/C8H18N2O/c1-7(11)3-4-10-5-8(2,9)6-10/h7,11H,3-6,9H2,1-2H3. The summed E-state index contributed by atoms with van der Waals surface area (Å²) in [6.07, 6.45) is 0.676. The fourth-order valence-electron chi connectivity index (χ4n) is 1.50. The van der Waals surface area contributed by atoms with Crippen LogP contribution in [-0.4, -0.2) is 41.3 Å². The summed E-state index contributed by atoms with van der Waals surface area (Å²) in [5.41, 5.74) is 5.84. The van der Waals surface area contributed by atoms with Crippen LogP contribution in [0.2, 0.25) is 0 Å². The molecule has 0 radical (unpaired) electrons. The van der Waals surface area contributed by atoms with Gasteiger partial charge in [-0.25, -0.2) is 0 Å². The van der Waals surface area contributed by atoms with Crippen LogP contribution in [0.25, 0.3) is 0 Å². The van der Waals surface area contributed by atoms with E-state index in [-0.39, 0.29) is 11.6 Å². The lowest BCUT2D eigenvalue weighted by Gasteiger charge is -2.45. The molecule has 1 atom stereocenters. The van der Waals surface area contributed by atoms with E-state index >= 15 is 0 Å². The molecule has 3 heteroatoms. The molecule has 0 aromatic heterocycles. The van der Waals surface area contributed by atoms with Crippen LogP contribution >= 0.6 is 0 Å². The smallest absolute Gasteiger partial charge is 0.0524 e. The number of rotatable bonds is 3. The van der Waals surface area contributed by atoms with Crippen molar-refractivity contribution in [2.75, 3.05) is 19.6 Å². The Morgan fingerprint density at radius 3 is 2.55 bits per heavy atom. The summed E-state index contributed by atoms with van der Waals surface area (Å²) in [7, 11) is 0. The zero-order chi connectivity index (χ0) is 8.48. The number of nitrogens with two attached hydrogens (primary N) is 1. The van der Waals surface area contributed by atoms with Crippen molar-refractivity contribution in [2.24, 2.45) is 5.73 Å². The van der Waals surface area contributed by atoms with Gasteiger partial charge >= 0.3 is 0 Å². The molecule has 11 heavy (non-hydrogen) atoms. The number of aliphatic hydroxyl groups excluding tert-OH is 1. The molecular formula is C8H18N2O. The fourth-order valence-corrected chi connectivity index (χ4v) is 1.50. The number of hydrogen-bond donors (Lipinski definition) is 2. The second-order valence-electron chi connectivity index (χ2n) is 4.00. The van der Waals surface area contributed by atoms with E-state index in [0.29, 0.717) is 0 Å². The van der Waals surface area contributed by atoms with Crippen molar-refractivity contribution in [3.63, 3.8) is 0 Å². The van der Waals surface area contributed by atoms with Gasteiger partial charge in [-0.15, -0.1) is 0 Å². The van der Waals surface area contributed by atoms with Crippen LogP contribution in [0.4, 0.5) is 0 Å². The average molecular weight is 158 g/mol. The molecule has 1 aliphatic heterocycles. The van der Waals surface area contributed by atoms with Crippen molar-refractivity contribution in [1.82, 2.24) is 4.90 Å². The molecular weight excluding hydrogens is 140 g/mol. The van der Waals surface area contributed by atoms with Gasteiger partial charge in [-0.05, 0) is 20.3 Å². The van der Waals surface area contributed by atoms with Crippen molar-refractivity contribution in [2.45, 2.75) is 31.9 Å². The zero-order valence-electron chi connectivity index (χ0n) is 7.38. The van der Waals surface area contributed by atoms with Gasteiger partial charge in [0.1, 0.15) is 0 Å². The molecule has 0 aliphatic carbocycles. The molecule has 3 N–H and O–H groups in total. The SMILES string of the molecule is CC(O)CCN1CC(C)(N)C1. The molecule has 0 aromatic carbocycles. The Labute approximate surface area is 68.2 Å². The van der Waals surface area contributed by atoms with Gasteiger partial charge in [-0.2, -0.15) is 0 Å². The molecule has 1 rings (SSSR count). The maximum atomic E-state index is 8.99. The van der Waals surface area contributed by atoms with Gasteiger partial charge in [0.25, 0.3) is 0 Å². The maximum absolute atomic E-state index is 8.99. The van der Waals surface area contributed by atoms with E-state index < -0.39 is 0 Å². The Kier molecular flexibility index (Phi) is 2.52. The van der Waals surface area contributed by atoms with Crippen LogP contribution in [0, 0.1) is 0 Å². The van der Waals surface area contributed by atoms with Crippen molar-refractivity contribution in [1.29, 1.82) is 0 Å². The van der Waals surface area contributed by atoms with Gasteiger partial charge in [-0.1, -0.05) is 0 Å². The summed E-state index contributed by atoms with van der Waals surface area (Å²) < 4.78 is 0. The minimum Gasteiger partial charge on any atom is -0.393 e. The quantitative estimate of drug-likeness (QED) is 0.597. The highest BCUT2D eigenvalue weighted by Crippen LogP contribution is 2.16. The minimum absolute atomic E-state index is 0.0265. The third-order valence-corrected chi connectivity index (χ3v) is 2.03. The van der Waals surface area contributed by atoms with Crippen molar-refractivity contribution in [3.8, 4) is 0 Å². The topological polar surface area (TPSA) is 49.5 Å². The number of hydrogen-bond acceptors (Lipinski definition) is 3. The molecule has 0 saturated carbocycles. The van der Waals surface area contributed by atoms with Crippen molar-refractivity contribution >= 4 is 0 Å². The summed E-state index contributed by atoms with van der Waals surface area (Å²) in [6.45, 7) is 6.80. The molecule has 0 spiro atoms. The highest BCUT2D eigenvalue weighted by Gasteiger charge is 2.33. The van der Waals surface area contributed by atoms with Crippen molar-refractivity contribution in [3.05, 3.63) is 0 Å². The van der Waals surface area contributed by atoms with Crippen LogP contribution in [0.1, 0.15) is 20.3 Å². The summed E-state index contributed by atoms with van der Waals surface area (Å²) in [6, 6.07) is 0. The first kappa shape index (κ1) is 8.97. The van der Waals surface area contributed by atoms with Gasteiger partial charge in [0, 0.05) is 25.2 Å². The van der Waals surface area contributed by atoms with Gasteiger partial charge in [0.2, 0.25) is 0 Å². The van der Waals surface area contributed by atoms with E-state index in [1.165, 1.54) is 0 Å². The Morgan fingerprint density at radius 2 is 2.18 bits per heavy atom. The van der Waals surface area contributed by atoms with Gasteiger partial charge in [0.15, 0.2) is 0 Å². The molecule has 1 fully saturated rings. The van der Waals surface area contributed by atoms with E-state index in [4.69, 9.17) is 10.8 Å². The highest BCUT2D eigenvalue weighted by molar-refractivity contribution is 4.95. The molecule has 0 aromatic rings. The van der Waals surface area contributed by atoms with Crippen LogP contribution < -0.4 is 5.73 Å². The van der Waals surface area contributed by atoms with E-state index in [2.05, 4.69) is 11.8 Å². The van der Waals surface area contributed by atoms with Gasteiger partial charge in [0.05, 0.1) is 6.10 Å². The second-order valence-corrected chi connectivity index (χ2v) is 4.00. The first-order valence-corrected chi connectivity index (χ1v) is 4.19.